The lowest BCUT2D eigenvalue weighted by Crippen LogP contribution is -2.68. The molecule has 1 saturated heterocycles. The molecule has 1 heterocycles. The summed E-state index contributed by atoms with van der Waals surface area (Å²) >= 11 is 0. The number of urea groups is 1. The Morgan fingerprint density at radius 3 is 2.70 bits per heavy atom. The van der Waals surface area contributed by atoms with Crippen molar-refractivity contribution in [2.45, 2.75) is 63.6 Å². The lowest BCUT2D eigenvalue weighted by Gasteiger charge is -2.54. The van der Waals surface area contributed by atoms with Crippen molar-refractivity contribution in [2.75, 3.05) is 13.2 Å². The van der Waals surface area contributed by atoms with E-state index in [-0.39, 0.29) is 30.2 Å². The monoisotopic (exact) mass is 282 g/mol. The third kappa shape index (κ3) is 2.11. The van der Waals surface area contributed by atoms with E-state index < -0.39 is 5.54 Å². The number of carbonyl (C=O) groups is 1. The molecular weight excluding hydrogens is 256 g/mol. The van der Waals surface area contributed by atoms with E-state index in [0.717, 1.165) is 38.7 Å². The minimum absolute atomic E-state index is 0.000556. The summed E-state index contributed by atoms with van der Waals surface area (Å²) in [7, 11) is 0. The van der Waals surface area contributed by atoms with Crippen molar-refractivity contribution in [2.24, 2.45) is 11.3 Å². The number of rotatable bonds is 3. The van der Waals surface area contributed by atoms with Crippen LogP contribution in [0.1, 0.15) is 46.0 Å². The van der Waals surface area contributed by atoms with Crippen LogP contribution in [0.25, 0.3) is 0 Å². The summed E-state index contributed by atoms with van der Waals surface area (Å²) in [6.45, 7) is 5.15. The molecule has 3 aliphatic rings. The van der Waals surface area contributed by atoms with Crippen LogP contribution < -0.4 is 10.6 Å². The zero-order chi connectivity index (χ0) is 14.4. The Labute approximate surface area is 120 Å². The van der Waals surface area contributed by atoms with Crippen LogP contribution in [-0.2, 0) is 4.74 Å². The predicted octanol–water partition coefficient (Wildman–Crippen LogP) is 1.40. The summed E-state index contributed by atoms with van der Waals surface area (Å²) in [5.74, 6) is 0.449. The quantitative estimate of drug-likeness (QED) is 0.733. The van der Waals surface area contributed by atoms with Gasteiger partial charge in [0.25, 0.3) is 0 Å². The zero-order valence-corrected chi connectivity index (χ0v) is 12.4. The smallest absolute Gasteiger partial charge is 0.315 e. The first kappa shape index (κ1) is 14.1. The van der Waals surface area contributed by atoms with Gasteiger partial charge in [0.2, 0.25) is 0 Å². The lowest BCUT2D eigenvalue weighted by atomic mass is 9.57. The number of aliphatic hydroxyl groups is 1. The average molecular weight is 282 g/mol. The standard InChI is InChI=1S/C15H26N2O3/c1-14(2)11(10-5-8-20-12(10)14)16-13(19)17-15(9-18)6-3-4-7-15/h10-12,18H,3-9H2,1-2H3,(H2,16,17,19). The molecule has 5 heteroatoms. The maximum Gasteiger partial charge on any atom is 0.315 e. The second-order valence-corrected chi connectivity index (χ2v) is 7.29. The molecule has 20 heavy (non-hydrogen) atoms. The number of amides is 2. The molecule has 1 aliphatic heterocycles. The fourth-order valence-electron chi connectivity index (χ4n) is 4.41. The number of carbonyl (C=O) groups excluding carboxylic acids is 1. The Balaban J connectivity index is 1.59. The van der Waals surface area contributed by atoms with Gasteiger partial charge in [-0.15, -0.1) is 0 Å². The van der Waals surface area contributed by atoms with Crippen LogP contribution in [0.5, 0.6) is 0 Å². The molecule has 3 rings (SSSR count). The molecule has 0 aromatic heterocycles. The van der Waals surface area contributed by atoms with Gasteiger partial charge in [0, 0.05) is 24.0 Å². The normalized spacial score (nSPS) is 37.0. The van der Waals surface area contributed by atoms with E-state index in [1.807, 2.05) is 0 Å². The first-order valence-electron chi connectivity index (χ1n) is 7.80. The van der Waals surface area contributed by atoms with E-state index in [0.29, 0.717) is 5.92 Å². The van der Waals surface area contributed by atoms with E-state index in [4.69, 9.17) is 4.74 Å². The molecule has 2 amide bonds. The molecule has 0 aromatic rings. The molecule has 3 fully saturated rings. The maximum absolute atomic E-state index is 12.3. The van der Waals surface area contributed by atoms with Gasteiger partial charge in [0.15, 0.2) is 0 Å². The van der Waals surface area contributed by atoms with E-state index >= 15 is 0 Å². The van der Waals surface area contributed by atoms with Crippen LogP contribution in [0.15, 0.2) is 0 Å². The first-order valence-corrected chi connectivity index (χ1v) is 7.80. The molecule has 0 radical (unpaired) electrons. The van der Waals surface area contributed by atoms with Crippen molar-refractivity contribution in [1.82, 2.24) is 10.6 Å². The Morgan fingerprint density at radius 1 is 1.35 bits per heavy atom. The molecule has 0 spiro atoms. The van der Waals surface area contributed by atoms with Crippen LogP contribution >= 0.6 is 0 Å². The van der Waals surface area contributed by atoms with Crippen molar-refractivity contribution in [3.8, 4) is 0 Å². The maximum atomic E-state index is 12.3. The van der Waals surface area contributed by atoms with Gasteiger partial charge in [-0.1, -0.05) is 26.7 Å². The average Bonchev–Trinajstić information content (AvgIpc) is 3.04. The van der Waals surface area contributed by atoms with Gasteiger partial charge >= 0.3 is 6.03 Å². The molecule has 114 valence electrons. The van der Waals surface area contributed by atoms with Crippen molar-refractivity contribution >= 4 is 6.03 Å². The van der Waals surface area contributed by atoms with E-state index in [1.165, 1.54) is 0 Å². The van der Waals surface area contributed by atoms with Gasteiger partial charge in [-0.05, 0) is 19.3 Å². The number of nitrogens with one attached hydrogen (secondary N) is 2. The summed E-state index contributed by atoms with van der Waals surface area (Å²) in [5.41, 5.74) is -0.399. The Bertz CT molecular complexity index is 391. The Morgan fingerprint density at radius 2 is 2.05 bits per heavy atom. The second-order valence-electron chi connectivity index (χ2n) is 7.29. The molecule has 3 unspecified atom stereocenters. The molecule has 0 aromatic carbocycles. The second kappa shape index (κ2) is 4.88. The molecule has 5 nitrogen and oxygen atoms in total. The topological polar surface area (TPSA) is 70.6 Å². The van der Waals surface area contributed by atoms with Crippen molar-refractivity contribution in [3.63, 3.8) is 0 Å². The number of ether oxygens (including phenoxy) is 1. The number of hydrogen-bond acceptors (Lipinski definition) is 3. The van der Waals surface area contributed by atoms with Gasteiger partial charge in [-0.25, -0.2) is 4.79 Å². The number of hydrogen-bond donors (Lipinski definition) is 3. The predicted molar refractivity (Wildman–Crippen MR) is 75.4 cm³/mol. The van der Waals surface area contributed by atoms with Crippen molar-refractivity contribution in [3.05, 3.63) is 0 Å². The summed E-state index contributed by atoms with van der Waals surface area (Å²) in [6.07, 6.45) is 5.22. The number of fused-ring (bicyclic) bond motifs is 1. The van der Waals surface area contributed by atoms with E-state index in [9.17, 15) is 9.90 Å². The molecular formula is C15H26N2O3. The highest BCUT2D eigenvalue weighted by Gasteiger charge is 2.60. The third-order valence-corrected chi connectivity index (χ3v) is 5.63. The fraction of sp³-hybridized carbons (Fsp3) is 0.933. The third-order valence-electron chi connectivity index (χ3n) is 5.63. The highest BCUT2D eigenvalue weighted by Crippen LogP contribution is 2.52. The zero-order valence-electron chi connectivity index (χ0n) is 12.4. The molecule has 2 saturated carbocycles. The minimum atomic E-state index is -0.399. The molecule has 0 bridgehead atoms. The van der Waals surface area contributed by atoms with Crippen LogP contribution in [-0.4, -0.2) is 42.0 Å². The van der Waals surface area contributed by atoms with Gasteiger partial charge in [-0.3, -0.25) is 0 Å². The molecule has 3 N–H and O–H groups in total. The number of aliphatic hydroxyl groups excluding tert-OH is 1. The van der Waals surface area contributed by atoms with Crippen molar-refractivity contribution in [1.29, 1.82) is 0 Å². The largest absolute Gasteiger partial charge is 0.394 e. The summed E-state index contributed by atoms with van der Waals surface area (Å²) in [5, 5.41) is 15.7. The molecule has 2 aliphatic carbocycles. The van der Waals surface area contributed by atoms with Gasteiger partial charge in [-0.2, -0.15) is 0 Å². The molecule has 3 atom stereocenters. The Kier molecular flexibility index (Phi) is 3.45. The van der Waals surface area contributed by atoms with Crippen LogP contribution in [0.2, 0.25) is 0 Å². The summed E-state index contributed by atoms with van der Waals surface area (Å²) < 4.78 is 5.74. The van der Waals surface area contributed by atoms with Crippen molar-refractivity contribution < 1.29 is 14.6 Å². The van der Waals surface area contributed by atoms with Gasteiger partial charge < -0.3 is 20.5 Å². The lowest BCUT2D eigenvalue weighted by molar-refractivity contribution is -0.108. The minimum Gasteiger partial charge on any atom is -0.394 e. The Hall–Kier alpha value is -0.810. The van der Waals surface area contributed by atoms with Gasteiger partial charge in [0.05, 0.1) is 18.2 Å². The van der Waals surface area contributed by atoms with Crippen LogP contribution in [0.4, 0.5) is 4.79 Å². The van der Waals surface area contributed by atoms with E-state index in [1.54, 1.807) is 0 Å². The summed E-state index contributed by atoms with van der Waals surface area (Å²) in [4.78, 5) is 12.3. The van der Waals surface area contributed by atoms with Crippen LogP contribution in [0, 0.1) is 11.3 Å². The summed E-state index contributed by atoms with van der Waals surface area (Å²) in [6, 6.07) is 0.0384. The SMILES string of the molecule is CC1(C)C(NC(=O)NC2(CO)CCCC2)C2CCOC21. The fourth-order valence-corrected chi connectivity index (χ4v) is 4.41. The van der Waals surface area contributed by atoms with Crippen LogP contribution in [0.3, 0.4) is 0 Å². The highest BCUT2D eigenvalue weighted by molar-refractivity contribution is 5.75. The highest BCUT2D eigenvalue weighted by atomic mass is 16.5. The van der Waals surface area contributed by atoms with Gasteiger partial charge in [0.1, 0.15) is 0 Å². The van der Waals surface area contributed by atoms with E-state index in [2.05, 4.69) is 24.5 Å². The first-order chi connectivity index (χ1) is 9.48.